The SMILES string of the molecule is CSCOC([O])=O. The van der Waals surface area contributed by atoms with Crippen molar-refractivity contribution in [2.24, 2.45) is 0 Å². The first kappa shape index (κ1) is 6.62. The molecule has 0 N–H and O–H groups in total. The molecule has 0 aliphatic heterocycles. The summed E-state index contributed by atoms with van der Waals surface area (Å²) in [6.45, 7) is 0. The monoisotopic (exact) mass is 121 g/mol. The maximum atomic E-state index is 9.41. The third kappa shape index (κ3) is 5.62. The van der Waals surface area contributed by atoms with E-state index in [1.165, 1.54) is 11.8 Å². The largest absolute Gasteiger partial charge is 0.550 e. The van der Waals surface area contributed by atoms with Crippen LogP contribution in [0.3, 0.4) is 0 Å². The number of carbonyl (C=O) groups is 1. The molecular formula is C3H5O3S. The van der Waals surface area contributed by atoms with Gasteiger partial charge in [0.15, 0.2) is 0 Å². The van der Waals surface area contributed by atoms with Crippen molar-refractivity contribution in [1.29, 1.82) is 0 Å². The van der Waals surface area contributed by atoms with E-state index in [2.05, 4.69) is 4.74 Å². The summed E-state index contributed by atoms with van der Waals surface area (Å²) in [6, 6.07) is 0. The van der Waals surface area contributed by atoms with Crippen molar-refractivity contribution in [3.05, 3.63) is 0 Å². The van der Waals surface area contributed by atoms with Crippen molar-refractivity contribution in [2.45, 2.75) is 0 Å². The molecule has 0 spiro atoms. The van der Waals surface area contributed by atoms with Crippen molar-refractivity contribution in [3.8, 4) is 0 Å². The van der Waals surface area contributed by atoms with Crippen molar-refractivity contribution < 1.29 is 14.6 Å². The van der Waals surface area contributed by atoms with Crippen LogP contribution in [0.5, 0.6) is 0 Å². The molecule has 0 saturated heterocycles. The molecule has 7 heavy (non-hydrogen) atoms. The molecule has 0 heterocycles. The van der Waals surface area contributed by atoms with Gasteiger partial charge in [0.1, 0.15) is 5.94 Å². The Hall–Kier alpha value is -0.380. The lowest BCUT2D eigenvalue weighted by Crippen LogP contribution is -1.95. The molecule has 1 radical (unpaired) electrons. The standard InChI is InChI=1S/C3H5O3S/c1-7-2-6-3(4)5/h2H2,1H3. The van der Waals surface area contributed by atoms with Crippen LogP contribution in [0.15, 0.2) is 0 Å². The summed E-state index contributed by atoms with van der Waals surface area (Å²) >= 11 is 1.29. The third-order valence-corrected chi connectivity index (χ3v) is 0.648. The summed E-state index contributed by atoms with van der Waals surface area (Å²) in [5.41, 5.74) is 0. The van der Waals surface area contributed by atoms with Crippen molar-refractivity contribution in [2.75, 3.05) is 12.2 Å². The second kappa shape index (κ2) is 3.80. The highest BCUT2D eigenvalue weighted by molar-refractivity contribution is 7.98. The highest BCUT2D eigenvalue weighted by Crippen LogP contribution is 1.90. The minimum absolute atomic E-state index is 0.155. The van der Waals surface area contributed by atoms with Gasteiger partial charge in [0.2, 0.25) is 0 Å². The quantitative estimate of drug-likeness (QED) is 0.402. The van der Waals surface area contributed by atoms with Crippen LogP contribution in [-0.2, 0) is 9.84 Å². The van der Waals surface area contributed by atoms with Gasteiger partial charge in [-0.1, -0.05) is 0 Å². The van der Waals surface area contributed by atoms with E-state index in [1.54, 1.807) is 6.26 Å². The van der Waals surface area contributed by atoms with E-state index >= 15 is 0 Å². The van der Waals surface area contributed by atoms with E-state index in [4.69, 9.17) is 0 Å². The molecular weight excluding hydrogens is 116 g/mol. The van der Waals surface area contributed by atoms with E-state index in [0.29, 0.717) is 0 Å². The predicted molar refractivity (Wildman–Crippen MR) is 25.5 cm³/mol. The highest BCUT2D eigenvalue weighted by Gasteiger charge is 1.93. The smallest absolute Gasteiger partial charge is 0.421 e. The number of thioether (sulfide) groups is 1. The number of hydrogen-bond acceptors (Lipinski definition) is 3. The summed E-state index contributed by atoms with van der Waals surface area (Å²) in [7, 11) is 0. The summed E-state index contributed by atoms with van der Waals surface area (Å²) in [6.07, 6.45) is 0.275. The molecule has 0 bridgehead atoms. The van der Waals surface area contributed by atoms with Gasteiger partial charge in [-0.2, -0.15) is 9.90 Å². The zero-order valence-corrected chi connectivity index (χ0v) is 4.66. The first-order chi connectivity index (χ1) is 3.27. The Morgan fingerprint density at radius 3 is 2.57 bits per heavy atom. The molecule has 0 saturated carbocycles. The van der Waals surface area contributed by atoms with Crippen LogP contribution >= 0.6 is 11.8 Å². The van der Waals surface area contributed by atoms with Gasteiger partial charge in [-0.25, -0.2) is 0 Å². The molecule has 3 nitrogen and oxygen atoms in total. The van der Waals surface area contributed by atoms with Crippen molar-refractivity contribution >= 4 is 17.9 Å². The number of rotatable bonds is 2. The lowest BCUT2D eigenvalue weighted by atomic mass is 11.4. The van der Waals surface area contributed by atoms with Crippen LogP contribution in [0.4, 0.5) is 4.79 Å². The lowest BCUT2D eigenvalue weighted by Gasteiger charge is -1.89. The van der Waals surface area contributed by atoms with Gasteiger partial charge in [-0.3, -0.25) is 0 Å². The fourth-order valence-corrected chi connectivity index (χ4v) is 0.321. The Morgan fingerprint density at radius 2 is 2.43 bits per heavy atom. The van der Waals surface area contributed by atoms with E-state index < -0.39 is 6.16 Å². The fraction of sp³-hybridized carbons (Fsp3) is 0.667. The fourth-order valence-electron chi connectivity index (χ4n) is 0.107. The van der Waals surface area contributed by atoms with Gasteiger partial charge in [0.25, 0.3) is 0 Å². The highest BCUT2D eigenvalue weighted by atomic mass is 32.2. The molecule has 0 unspecified atom stereocenters. The van der Waals surface area contributed by atoms with Gasteiger partial charge >= 0.3 is 6.16 Å². The summed E-state index contributed by atoms with van der Waals surface area (Å²) < 4.78 is 3.96. The second-order valence-corrected chi connectivity index (χ2v) is 1.61. The summed E-state index contributed by atoms with van der Waals surface area (Å²) in [4.78, 5) is 9.41. The molecule has 0 aromatic carbocycles. The molecule has 41 valence electrons. The molecule has 0 aliphatic rings. The maximum Gasteiger partial charge on any atom is 0.550 e. The van der Waals surface area contributed by atoms with Crippen LogP contribution in [-0.4, -0.2) is 18.4 Å². The average molecular weight is 121 g/mol. The zero-order valence-electron chi connectivity index (χ0n) is 3.84. The van der Waals surface area contributed by atoms with Crippen LogP contribution in [0, 0.1) is 0 Å². The lowest BCUT2D eigenvalue weighted by molar-refractivity contribution is 0.0832. The Balaban J connectivity index is 2.82. The normalized spacial score (nSPS) is 8.14. The zero-order chi connectivity index (χ0) is 5.70. The molecule has 0 aliphatic carbocycles. The molecule has 0 amide bonds. The topological polar surface area (TPSA) is 46.2 Å². The molecule has 0 fully saturated rings. The van der Waals surface area contributed by atoms with Crippen molar-refractivity contribution in [1.82, 2.24) is 0 Å². The summed E-state index contributed by atoms with van der Waals surface area (Å²) in [5, 5.41) is 9.41. The van der Waals surface area contributed by atoms with E-state index in [-0.39, 0.29) is 5.94 Å². The van der Waals surface area contributed by atoms with Crippen molar-refractivity contribution in [3.63, 3.8) is 0 Å². The Bertz CT molecular complexity index is 63.2. The van der Waals surface area contributed by atoms with Gasteiger partial charge < -0.3 is 4.74 Å². The first-order valence-corrected chi connectivity index (χ1v) is 2.99. The van der Waals surface area contributed by atoms with Gasteiger partial charge in [-0.15, -0.1) is 11.8 Å². The predicted octanol–water partition coefficient (Wildman–Crippen LogP) is 0.874. The van der Waals surface area contributed by atoms with E-state index in [1.807, 2.05) is 0 Å². The minimum atomic E-state index is -1.46. The molecule has 0 atom stereocenters. The first-order valence-electron chi connectivity index (χ1n) is 1.60. The molecule has 0 rings (SSSR count). The molecule has 0 aromatic rings. The van der Waals surface area contributed by atoms with Gasteiger partial charge in [0.05, 0.1) is 0 Å². The van der Waals surface area contributed by atoms with Crippen LogP contribution < -0.4 is 0 Å². The second-order valence-electron chi connectivity index (χ2n) is 0.801. The van der Waals surface area contributed by atoms with Crippen LogP contribution in [0.1, 0.15) is 0 Å². The third-order valence-electron chi connectivity index (χ3n) is 0.295. The van der Waals surface area contributed by atoms with Gasteiger partial charge in [-0.05, 0) is 6.26 Å². The molecule has 0 aromatic heterocycles. The maximum absolute atomic E-state index is 9.41. The van der Waals surface area contributed by atoms with E-state index in [9.17, 15) is 9.90 Å². The van der Waals surface area contributed by atoms with Gasteiger partial charge in [0, 0.05) is 0 Å². The number of ether oxygens (including phenoxy) is 1. The van der Waals surface area contributed by atoms with Crippen LogP contribution in [0.2, 0.25) is 0 Å². The number of hydrogen-bond donors (Lipinski definition) is 0. The minimum Gasteiger partial charge on any atom is -0.421 e. The Labute approximate surface area is 45.7 Å². The average Bonchev–Trinajstić information content (AvgIpc) is 1.61. The van der Waals surface area contributed by atoms with E-state index in [0.717, 1.165) is 0 Å². The Morgan fingerprint density at radius 1 is 1.86 bits per heavy atom. The number of carbonyl (C=O) groups excluding carboxylic acids is 1. The summed E-state index contributed by atoms with van der Waals surface area (Å²) in [5.74, 6) is 0.155. The molecule has 4 heteroatoms. The Kier molecular flexibility index (Phi) is 3.59. The van der Waals surface area contributed by atoms with Crippen LogP contribution in [0.25, 0.3) is 0 Å².